The third-order valence-electron chi connectivity index (χ3n) is 4.36. The summed E-state index contributed by atoms with van der Waals surface area (Å²) in [6, 6.07) is 7.74. The van der Waals surface area contributed by atoms with E-state index in [2.05, 4.69) is 5.32 Å². The third kappa shape index (κ3) is 5.17. The second-order valence-corrected chi connectivity index (χ2v) is 8.51. The number of carbonyl (C=O) groups excluding carboxylic acids is 1. The van der Waals surface area contributed by atoms with E-state index in [0.29, 0.717) is 39.1 Å². The van der Waals surface area contributed by atoms with Gasteiger partial charge in [0.1, 0.15) is 12.4 Å². The highest BCUT2D eigenvalue weighted by atomic mass is 32.2. The van der Waals surface area contributed by atoms with Crippen LogP contribution >= 0.6 is 0 Å². The standard InChI is InChI=1S/C17H27N3O4S/c1-14-6-4-5-7-16(14)24-13-10-18-17(21)15-8-11-20(12-9-15)25(22,23)19(2)3/h4-7,15H,8-13H2,1-3H3,(H,18,21). The second-order valence-electron chi connectivity index (χ2n) is 6.37. The van der Waals surface area contributed by atoms with Gasteiger partial charge < -0.3 is 10.1 Å². The van der Waals surface area contributed by atoms with Crippen molar-refractivity contribution in [3.05, 3.63) is 29.8 Å². The number of benzene rings is 1. The number of rotatable bonds is 7. The number of aryl methyl sites for hydroxylation is 1. The number of piperidine rings is 1. The molecule has 1 aromatic carbocycles. The Labute approximate surface area is 150 Å². The van der Waals surface area contributed by atoms with E-state index in [1.165, 1.54) is 22.7 Å². The van der Waals surface area contributed by atoms with Crippen molar-refractivity contribution in [2.45, 2.75) is 19.8 Å². The number of ether oxygens (including phenoxy) is 1. The number of nitrogens with one attached hydrogen (secondary N) is 1. The molecule has 0 saturated carbocycles. The van der Waals surface area contributed by atoms with E-state index in [0.717, 1.165) is 11.3 Å². The summed E-state index contributed by atoms with van der Waals surface area (Å²) < 4.78 is 32.4. The average Bonchev–Trinajstić information content (AvgIpc) is 2.60. The van der Waals surface area contributed by atoms with E-state index in [4.69, 9.17) is 4.74 Å². The fraction of sp³-hybridized carbons (Fsp3) is 0.588. The molecule has 0 spiro atoms. The highest BCUT2D eigenvalue weighted by Crippen LogP contribution is 2.20. The molecule has 1 fully saturated rings. The average molecular weight is 369 g/mol. The smallest absolute Gasteiger partial charge is 0.281 e. The molecule has 1 N–H and O–H groups in total. The fourth-order valence-electron chi connectivity index (χ4n) is 2.78. The normalized spacial score (nSPS) is 16.8. The largest absolute Gasteiger partial charge is 0.491 e. The maximum Gasteiger partial charge on any atom is 0.281 e. The molecule has 0 aliphatic carbocycles. The van der Waals surface area contributed by atoms with Crippen molar-refractivity contribution >= 4 is 16.1 Å². The minimum atomic E-state index is -3.39. The van der Waals surface area contributed by atoms with Crippen molar-refractivity contribution in [1.29, 1.82) is 0 Å². The maximum atomic E-state index is 12.2. The van der Waals surface area contributed by atoms with Crippen LogP contribution in [0.3, 0.4) is 0 Å². The first-order valence-electron chi connectivity index (χ1n) is 8.46. The van der Waals surface area contributed by atoms with Gasteiger partial charge in [-0.3, -0.25) is 4.79 Å². The Hall–Kier alpha value is -1.64. The highest BCUT2D eigenvalue weighted by molar-refractivity contribution is 7.86. The number of hydrogen-bond acceptors (Lipinski definition) is 4. The molecular formula is C17H27N3O4S. The molecule has 140 valence electrons. The van der Waals surface area contributed by atoms with Gasteiger partial charge in [0.2, 0.25) is 5.91 Å². The topological polar surface area (TPSA) is 79.0 Å². The van der Waals surface area contributed by atoms with Crippen molar-refractivity contribution in [2.24, 2.45) is 5.92 Å². The van der Waals surface area contributed by atoms with E-state index in [1.54, 1.807) is 0 Å². The molecule has 1 heterocycles. The van der Waals surface area contributed by atoms with Gasteiger partial charge in [-0.15, -0.1) is 0 Å². The minimum Gasteiger partial charge on any atom is -0.491 e. The van der Waals surface area contributed by atoms with Crippen LogP contribution in [0.25, 0.3) is 0 Å². The molecule has 25 heavy (non-hydrogen) atoms. The van der Waals surface area contributed by atoms with Crippen LogP contribution in [0.5, 0.6) is 5.75 Å². The molecule has 1 aromatic rings. The van der Waals surface area contributed by atoms with Gasteiger partial charge in [-0.1, -0.05) is 18.2 Å². The number of amides is 1. The monoisotopic (exact) mass is 369 g/mol. The Morgan fingerprint density at radius 3 is 2.52 bits per heavy atom. The summed E-state index contributed by atoms with van der Waals surface area (Å²) in [4.78, 5) is 12.2. The van der Waals surface area contributed by atoms with Gasteiger partial charge >= 0.3 is 0 Å². The van der Waals surface area contributed by atoms with Crippen LogP contribution < -0.4 is 10.1 Å². The number of nitrogens with zero attached hydrogens (tertiary/aromatic N) is 2. The molecule has 2 rings (SSSR count). The van der Waals surface area contributed by atoms with Crippen molar-refractivity contribution in [2.75, 3.05) is 40.3 Å². The number of para-hydroxylation sites is 1. The predicted molar refractivity (Wildman–Crippen MR) is 96.6 cm³/mol. The summed E-state index contributed by atoms with van der Waals surface area (Å²) in [6.07, 6.45) is 1.08. The van der Waals surface area contributed by atoms with E-state index in [1.807, 2.05) is 31.2 Å². The molecule has 1 aliphatic heterocycles. The Morgan fingerprint density at radius 1 is 1.28 bits per heavy atom. The molecular weight excluding hydrogens is 342 g/mol. The zero-order chi connectivity index (χ0) is 18.4. The zero-order valence-corrected chi connectivity index (χ0v) is 15.9. The first kappa shape index (κ1) is 19.7. The molecule has 8 heteroatoms. The number of hydrogen-bond donors (Lipinski definition) is 1. The zero-order valence-electron chi connectivity index (χ0n) is 15.1. The van der Waals surface area contributed by atoms with E-state index in [9.17, 15) is 13.2 Å². The van der Waals surface area contributed by atoms with Crippen LogP contribution in [0.2, 0.25) is 0 Å². The van der Waals surface area contributed by atoms with Gasteiger partial charge in [0.25, 0.3) is 10.2 Å². The fourth-order valence-corrected chi connectivity index (χ4v) is 3.91. The summed E-state index contributed by atoms with van der Waals surface area (Å²) in [5.74, 6) is 0.640. The third-order valence-corrected chi connectivity index (χ3v) is 6.31. The molecule has 0 radical (unpaired) electrons. The van der Waals surface area contributed by atoms with Crippen LogP contribution in [-0.2, 0) is 15.0 Å². The Bertz CT molecular complexity index is 683. The summed E-state index contributed by atoms with van der Waals surface area (Å²) in [5.41, 5.74) is 1.06. The van der Waals surface area contributed by atoms with Crippen LogP contribution in [0.1, 0.15) is 18.4 Å². The lowest BCUT2D eigenvalue weighted by Gasteiger charge is -2.32. The molecule has 1 saturated heterocycles. The van der Waals surface area contributed by atoms with Crippen LogP contribution in [-0.4, -0.2) is 63.3 Å². The summed E-state index contributed by atoms with van der Waals surface area (Å²) in [7, 11) is -0.357. The Balaban J connectivity index is 1.72. The summed E-state index contributed by atoms with van der Waals surface area (Å²) in [6.45, 7) is 3.56. The van der Waals surface area contributed by atoms with Crippen molar-refractivity contribution in [1.82, 2.24) is 13.9 Å². The first-order valence-corrected chi connectivity index (χ1v) is 9.86. The highest BCUT2D eigenvalue weighted by Gasteiger charge is 2.31. The maximum absolute atomic E-state index is 12.2. The summed E-state index contributed by atoms with van der Waals surface area (Å²) in [5, 5.41) is 2.88. The van der Waals surface area contributed by atoms with Crippen LogP contribution in [0.4, 0.5) is 0 Å². The Kier molecular flexibility index (Phi) is 6.80. The van der Waals surface area contributed by atoms with Gasteiger partial charge in [0.15, 0.2) is 0 Å². The Morgan fingerprint density at radius 2 is 1.92 bits per heavy atom. The lowest BCUT2D eigenvalue weighted by Crippen LogP contribution is -2.47. The SMILES string of the molecule is Cc1ccccc1OCCNC(=O)C1CCN(S(=O)(=O)N(C)C)CC1. The molecule has 1 amide bonds. The molecule has 0 atom stereocenters. The molecule has 0 unspecified atom stereocenters. The van der Waals surface area contributed by atoms with Crippen molar-refractivity contribution in [3.8, 4) is 5.75 Å². The van der Waals surface area contributed by atoms with Gasteiger partial charge in [-0.2, -0.15) is 17.0 Å². The lowest BCUT2D eigenvalue weighted by molar-refractivity contribution is -0.126. The quantitative estimate of drug-likeness (QED) is 0.728. The van der Waals surface area contributed by atoms with E-state index >= 15 is 0 Å². The van der Waals surface area contributed by atoms with Crippen molar-refractivity contribution < 1.29 is 17.9 Å². The van der Waals surface area contributed by atoms with Crippen LogP contribution in [0, 0.1) is 12.8 Å². The van der Waals surface area contributed by atoms with Crippen molar-refractivity contribution in [3.63, 3.8) is 0 Å². The second kappa shape index (κ2) is 8.64. The van der Waals surface area contributed by atoms with Gasteiger partial charge in [0.05, 0.1) is 6.54 Å². The first-order chi connectivity index (χ1) is 11.8. The molecule has 0 aromatic heterocycles. The van der Waals surface area contributed by atoms with Gasteiger partial charge in [-0.25, -0.2) is 0 Å². The predicted octanol–water partition coefficient (Wildman–Crippen LogP) is 1.01. The van der Waals surface area contributed by atoms with Crippen LogP contribution in [0.15, 0.2) is 24.3 Å². The molecule has 7 nitrogen and oxygen atoms in total. The van der Waals surface area contributed by atoms with E-state index in [-0.39, 0.29) is 11.8 Å². The van der Waals surface area contributed by atoms with E-state index < -0.39 is 10.2 Å². The summed E-state index contributed by atoms with van der Waals surface area (Å²) >= 11 is 0. The molecule has 1 aliphatic rings. The van der Waals surface area contributed by atoms with Gasteiger partial charge in [0, 0.05) is 33.1 Å². The lowest BCUT2D eigenvalue weighted by atomic mass is 9.97. The van der Waals surface area contributed by atoms with Gasteiger partial charge in [-0.05, 0) is 31.4 Å². The minimum absolute atomic E-state index is 0.0321. The number of carbonyl (C=O) groups is 1. The molecule has 0 bridgehead atoms.